The highest BCUT2D eigenvalue weighted by atomic mass is 16.5. The molecule has 0 spiro atoms. The van der Waals surface area contributed by atoms with Gasteiger partial charge in [-0.1, -0.05) is 19.1 Å². The molecule has 28 heavy (non-hydrogen) atoms. The summed E-state index contributed by atoms with van der Waals surface area (Å²) in [5.74, 6) is -0.629. The number of anilines is 1. The number of benzene rings is 2. The molecule has 0 saturated heterocycles. The molecule has 1 N–H and O–H groups in total. The number of hydrogen-bond acceptors (Lipinski definition) is 6. The Morgan fingerprint density at radius 1 is 0.964 bits per heavy atom. The molecule has 0 aliphatic carbocycles. The van der Waals surface area contributed by atoms with Crippen LogP contribution in [0.25, 0.3) is 5.57 Å². The van der Waals surface area contributed by atoms with Crippen LogP contribution in [-0.4, -0.2) is 37.7 Å². The second-order valence-corrected chi connectivity index (χ2v) is 6.08. The van der Waals surface area contributed by atoms with Gasteiger partial charge >= 0.3 is 5.91 Å². The predicted molar refractivity (Wildman–Crippen MR) is 104 cm³/mol. The normalized spacial score (nSPS) is 13.9. The van der Waals surface area contributed by atoms with Gasteiger partial charge in [0.05, 0.1) is 32.1 Å². The minimum atomic E-state index is -0.789. The molecular weight excluding hydrogens is 362 g/mol. The van der Waals surface area contributed by atoms with E-state index < -0.39 is 17.6 Å². The molecule has 2 aromatic carbocycles. The molecule has 1 heterocycles. The SMILES string of the molecule is CCCOc1cccc(N2C(=O)C(O)=C(c3ccc(OC)c(OC)c3)C2=O)c1. The number of aliphatic hydroxyl groups is 1. The van der Waals surface area contributed by atoms with Crippen LogP contribution < -0.4 is 19.1 Å². The van der Waals surface area contributed by atoms with Crippen LogP contribution in [0.2, 0.25) is 0 Å². The van der Waals surface area contributed by atoms with Crippen molar-refractivity contribution < 1.29 is 28.9 Å². The lowest BCUT2D eigenvalue weighted by Crippen LogP contribution is -2.31. The first-order valence-electron chi connectivity index (χ1n) is 8.79. The summed E-state index contributed by atoms with van der Waals surface area (Å²) < 4.78 is 16.0. The highest BCUT2D eigenvalue weighted by molar-refractivity contribution is 6.44. The molecule has 1 aliphatic heterocycles. The fraction of sp³-hybridized carbons (Fsp3) is 0.238. The minimum Gasteiger partial charge on any atom is -0.502 e. The van der Waals surface area contributed by atoms with Crippen molar-refractivity contribution in [2.24, 2.45) is 0 Å². The van der Waals surface area contributed by atoms with Crippen LogP contribution in [0.1, 0.15) is 18.9 Å². The first kappa shape index (κ1) is 19.3. The Balaban J connectivity index is 1.97. The largest absolute Gasteiger partial charge is 0.502 e. The second-order valence-electron chi connectivity index (χ2n) is 6.08. The van der Waals surface area contributed by atoms with Gasteiger partial charge in [0.1, 0.15) is 5.75 Å². The minimum absolute atomic E-state index is 0.0918. The van der Waals surface area contributed by atoms with Crippen LogP contribution in [0.4, 0.5) is 5.69 Å². The van der Waals surface area contributed by atoms with Crippen molar-refractivity contribution in [2.45, 2.75) is 13.3 Å². The van der Waals surface area contributed by atoms with E-state index in [2.05, 4.69) is 0 Å². The highest BCUT2D eigenvalue weighted by Gasteiger charge is 2.40. The number of aliphatic hydroxyl groups excluding tert-OH is 1. The molecule has 2 aromatic rings. The number of amides is 2. The van der Waals surface area contributed by atoms with Crippen LogP contribution >= 0.6 is 0 Å². The van der Waals surface area contributed by atoms with Gasteiger partial charge in [-0.25, -0.2) is 4.90 Å². The maximum atomic E-state index is 13.0. The summed E-state index contributed by atoms with van der Waals surface area (Å²) in [4.78, 5) is 26.5. The number of carbonyl (C=O) groups is 2. The summed E-state index contributed by atoms with van der Waals surface area (Å²) in [5.41, 5.74) is 0.589. The van der Waals surface area contributed by atoms with Crippen molar-refractivity contribution in [3.63, 3.8) is 0 Å². The third kappa shape index (κ3) is 3.38. The van der Waals surface area contributed by atoms with Crippen molar-refractivity contribution in [1.29, 1.82) is 0 Å². The molecule has 0 bridgehead atoms. The fourth-order valence-electron chi connectivity index (χ4n) is 2.94. The summed E-state index contributed by atoms with van der Waals surface area (Å²) in [5, 5.41) is 10.4. The highest BCUT2D eigenvalue weighted by Crippen LogP contribution is 2.36. The van der Waals surface area contributed by atoms with E-state index in [9.17, 15) is 14.7 Å². The number of carbonyl (C=O) groups excluding carboxylic acids is 2. The number of rotatable bonds is 7. The van der Waals surface area contributed by atoms with Gasteiger partial charge in [-0.3, -0.25) is 9.59 Å². The molecule has 0 radical (unpaired) electrons. The van der Waals surface area contributed by atoms with Crippen LogP contribution in [0.5, 0.6) is 17.2 Å². The van der Waals surface area contributed by atoms with Crippen molar-refractivity contribution in [3.05, 3.63) is 53.8 Å². The number of methoxy groups -OCH3 is 2. The summed E-state index contributed by atoms with van der Waals surface area (Å²) in [6.07, 6.45) is 0.831. The second kappa shape index (κ2) is 8.04. The van der Waals surface area contributed by atoms with E-state index in [-0.39, 0.29) is 5.57 Å². The molecule has 3 rings (SSSR count). The number of imide groups is 1. The van der Waals surface area contributed by atoms with Crippen LogP contribution in [0.3, 0.4) is 0 Å². The molecule has 1 aliphatic rings. The average Bonchev–Trinajstić information content (AvgIpc) is 2.94. The van der Waals surface area contributed by atoms with E-state index in [0.29, 0.717) is 35.1 Å². The summed E-state index contributed by atoms with van der Waals surface area (Å²) in [6, 6.07) is 11.4. The lowest BCUT2D eigenvalue weighted by Gasteiger charge is -2.16. The lowest BCUT2D eigenvalue weighted by molar-refractivity contribution is -0.121. The van der Waals surface area contributed by atoms with Crippen molar-refractivity contribution >= 4 is 23.1 Å². The van der Waals surface area contributed by atoms with Gasteiger partial charge < -0.3 is 19.3 Å². The number of nitrogens with zero attached hydrogens (tertiary/aromatic N) is 1. The van der Waals surface area contributed by atoms with E-state index >= 15 is 0 Å². The summed E-state index contributed by atoms with van der Waals surface area (Å²) >= 11 is 0. The first-order valence-corrected chi connectivity index (χ1v) is 8.79. The van der Waals surface area contributed by atoms with E-state index in [4.69, 9.17) is 14.2 Å². The molecule has 0 aromatic heterocycles. The van der Waals surface area contributed by atoms with Crippen molar-refractivity contribution in [1.82, 2.24) is 0 Å². The Labute approximate surface area is 162 Å². The molecular formula is C21H21NO6. The Morgan fingerprint density at radius 3 is 2.39 bits per heavy atom. The Bertz CT molecular complexity index is 950. The predicted octanol–water partition coefficient (Wildman–Crippen LogP) is 3.34. The van der Waals surface area contributed by atoms with Crippen LogP contribution in [0, 0.1) is 0 Å². The first-order chi connectivity index (χ1) is 13.5. The van der Waals surface area contributed by atoms with Gasteiger partial charge in [-0.2, -0.15) is 0 Å². The molecule has 0 unspecified atom stereocenters. The zero-order chi connectivity index (χ0) is 20.3. The van der Waals surface area contributed by atoms with E-state index in [1.807, 2.05) is 6.92 Å². The van der Waals surface area contributed by atoms with E-state index in [0.717, 1.165) is 11.3 Å². The molecule has 7 nitrogen and oxygen atoms in total. The monoisotopic (exact) mass is 383 g/mol. The van der Waals surface area contributed by atoms with Gasteiger partial charge in [0.2, 0.25) is 0 Å². The standard InChI is InChI=1S/C21H21NO6/c1-4-10-28-15-7-5-6-14(12-15)22-20(24)18(19(23)21(22)25)13-8-9-16(26-2)17(11-13)27-3/h5-9,11-12,23H,4,10H2,1-3H3. The van der Waals surface area contributed by atoms with Crippen LogP contribution in [0.15, 0.2) is 48.2 Å². The smallest absolute Gasteiger partial charge is 0.301 e. The van der Waals surface area contributed by atoms with Gasteiger partial charge in [0, 0.05) is 6.07 Å². The third-order valence-electron chi connectivity index (χ3n) is 4.28. The van der Waals surface area contributed by atoms with Gasteiger partial charge in [0.15, 0.2) is 17.3 Å². The lowest BCUT2D eigenvalue weighted by atomic mass is 10.0. The molecule has 146 valence electrons. The van der Waals surface area contributed by atoms with Crippen molar-refractivity contribution in [3.8, 4) is 17.2 Å². The number of ether oxygens (including phenoxy) is 3. The topological polar surface area (TPSA) is 85.3 Å². The molecule has 0 atom stereocenters. The third-order valence-corrected chi connectivity index (χ3v) is 4.28. The van der Waals surface area contributed by atoms with Crippen LogP contribution in [-0.2, 0) is 9.59 Å². The molecule has 0 fully saturated rings. The quantitative estimate of drug-likeness (QED) is 0.738. The van der Waals surface area contributed by atoms with Gasteiger partial charge in [-0.15, -0.1) is 0 Å². The maximum absolute atomic E-state index is 13.0. The Kier molecular flexibility index (Phi) is 5.54. The fourth-order valence-corrected chi connectivity index (χ4v) is 2.94. The number of hydrogen-bond donors (Lipinski definition) is 1. The zero-order valence-electron chi connectivity index (χ0n) is 15.9. The summed E-state index contributed by atoms with van der Waals surface area (Å²) in [7, 11) is 2.96. The zero-order valence-corrected chi connectivity index (χ0v) is 15.9. The summed E-state index contributed by atoms with van der Waals surface area (Å²) in [6.45, 7) is 2.50. The van der Waals surface area contributed by atoms with Crippen molar-refractivity contribution in [2.75, 3.05) is 25.7 Å². The molecule has 7 heteroatoms. The average molecular weight is 383 g/mol. The molecule has 2 amide bonds. The molecule has 0 saturated carbocycles. The van der Waals surface area contributed by atoms with E-state index in [1.165, 1.54) is 14.2 Å². The van der Waals surface area contributed by atoms with E-state index in [1.54, 1.807) is 42.5 Å². The Morgan fingerprint density at radius 2 is 1.71 bits per heavy atom. The maximum Gasteiger partial charge on any atom is 0.301 e. The van der Waals surface area contributed by atoms with Gasteiger partial charge in [0.25, 0.3) is 5.91 Å². The van der Waals surface area contributed by atoms with Gasteiger partial charge in [-0.05, 0) is 36.2 Å². The Hall–Kier alpha value is -3.48.